The van der Waals surface area contributed by atoms with Gasteiger partial charge in [0.25, 0.3) is 0 Å². The maximum atomic E-state index is 2.74. The van der Waals surface area contributed by atoms with Gasteiger partial charge in [-0.1, -0.05) is 65.5 Å². The molecule has 1 aliphatic rings. The van der Waals surface area contributed by atoms with Crippen molar-refractivity contribution in [3.8, 4) is 0 Å². The van der Waals surface area contributed by atoms with Crippen molar-refractivity contribution in [2.75, 3.05) is 13.1 Å². The van der Waals surface area contributed by atoms with Gasteiger partial charge in [0.1, 0.15) is 0 Å². The number of allylic oxidation sites excluding steroid dienone is 2. The Balaban J connectivity index is 2.15. The van der Waals surface area contributed by atoms with Crippen molar-refractivity contribution in [3.05, 3.63) is 12.2 Å². The second-order valence-corrected chi connectivity index (χ2v) is 7.18. The topological polar surface area (TPSA) is 3.24 Å². The highest BCUT2D eigenvalue weighted by Crippen LogP contribution is 2.54. The van der Waals surface area contributed by atoms with Crippen molar-refractivity contribution in [2.24, 2.45) is 5.92 Å². The first kappa shape index (κ1) is 19.7. The van der Waals surface area contributed by atoms with E-state index in [-0.39, 0.29) is 0 Å². The molecule has 0 heterocycles. The maximum absolute atomic E-state index is 2.74. The zero-order valence-corrected chi connectivity index (χ0v) is 15.9. The van der Waals surface area contributed by atoms with Gasteiger partial charge in [0.15, 0.2) is 0 Å². The Morgan fingerprint density at radius 1 is 0.864 bits per heavy atom. The Morgan fingerprint density at radius 3 is 2.05 bits per heavy atom. The highest BCUT2D eigenvalue weighted by atomic mass is 15.2. The first-order valence-corrected chi connectivity index (χ1v) is 10.1. The minimum absolute atomic E-state index is 0.592. The van der Waals surface area contributed by atoms with Crippen LogP contribution < -0.4 is 0 Å². The average molecular weight is 308 g/mol. The fourth-order valence-electron chi connectivity index (χ4n) is 4.28. The van der Waals surface area contributed by atoms with Gasteiger partial charge in [-0.2, -0.15) is 0 Å². The van der Waals surface area contributed by atoms with Crippen LogP contribution in [0.2, 0.25) is 0 Å². The molecule has 0 aromatic rings. The fourth-order valence-corrected chi connectivity index (χ4v) is 4.28. The third kappa shape index (κ3) is 6.07. The Hall–Kier alpha value is -0.300. The van der Waals surface area contributed by atoms with Gasteiger partial charge in [0.05, 0.1) is 0 Å². The molecule has 0 spiro atoms. The Labute approximate surface area is 140 Å². The van der Waals surface area contributed by atoms with E-state index < -0.39 is 0 Å². The molecule has 1 fully saturated rings. The third-order valence-corrected chi connectivity index (χ3v) is 5.59. The highest BCUT2D eigenvalue weighted by molar-refractivity contribution is 5.10. The first-order chi connectivity index (χ1) is 10.7. The Morgan fingerprint density at radius 2 is 1.50 bits per heavy atom. The van der Waals surface area contributed by atoms with Crippen molar-refractivity contribution in [2.45, 2.75) is 104 Å². The van der Waals surface area contributed by atoms with E-state index in [1.54, 1.807) is 0 Å². The molecule has 0 amide bonds. The summed E-state index contributed by atoms with van der Waals surface area (Å²) in [7, 11) is 0. The van der Waals surface area contributed by atoms with Gasteiger partial charge in [-0.05, 0) is 64.0 Å². The van der Waals surface area contributed by atoms with Gasteiger partial charge < -0.3 is 0 Å². The molecule has 0 N–H and O–H groups in total. The lowest BCUT2D eigenvalue weighted by Gasteiger charge is -2.31. The number of hydrogen-bond donors (Lipinski definition) is 0. The number of hydrogen-bond acceptors (Lipinski definition) is 1. The van der Waals surface area contributed by atoms with Crippen molar-refractivity contribution in [3.63, 3.8) is 0 Å². The van der Waals surface area contributed by atoms with Crippen LogP contribution in [0, 0.1) is 5.92 Å². The molecular weight excluding hydrogens is 266 g/mol. The lowest BCUT2D eigenvalue weighted by atomic mass is 10.0. The molecule has 1 nitrogen and oxygen atoms in total. The normalized spacial score (nSPS) is 24.5. The number of rotatable bonds is 14. The SMILES string of the molecule is CCCCC/C=C/CCCC[C@H]1C[C@@]1(CCC)N(CC)CC. The summed E-state index contributed by atoms with van der Waals surface area (Å²) >= 11 is 0. The van der Waals surface area contributed by atoms with Gasteiger partial charge in [-0.15, -0.1) is 0 Å². The van der Waals surface area contributed by atoms with E-state index >= 15 is 0 Å². The van der Waals surface area contributed by atoms with E-state index in [9.17, 15) is 0 Å². The van der Waals surface area contributed by atoms with Crippen LogP contribution in [0.3, 0.4) is 0 Å². The Kier molecular flexibility index (Phi) is 10.1. The van der Waals surface area contributed by atoms with E-state index in [0.29, 0.717) is 5.54 Å². The van der Waals surface area contributed by atoms with Crippen molar-refractivity contribution in [1.82, 2.24) is 4.90 Å². The minimum Gasteiger partial charge on any atom is -0.298 e. The van der Waals surface area contributed by atoms with Crippen LogP contribution >= 0.6 is 0 Å². The van der Waals surface area contributed by atoms with Crippen molar-refractivity contribution in [1.29, 1.82) is 0 Å². The average Bonchev–Trinajstić information content (AvgIpc) is 3.21. The second-order valence-electron chi connectivity index (χ2n) is 7.18. The largest absolute Gasteiger partial charge is 0.298 e. The van der Waals surface area contributed by atoms with Crippen LogP contribution in [0.15, 0.2) is 12.2 Å². The van der Waals surface area contributed by atoms with Crippen LogP contribution in [-0.4, -0.2) is 23.5 Å². The summed E-state index contributed by atoms with van der Waals surface area (Å²) in [4.78, 5) is 2.74. The standard InChI is InChI=1S/C21H41N/c1-5-9-10-11-12-13-14-15-16-17-20-19-21(20,18-6-2)22(7-3)8-4/h12-13,20H,5-11,14-19H2,1-4H3/b13-12+/t20-,21+/m0/s1. The molecule has 0 aliphatic heterocycles. The molecular formula is C21H41N. The van der Waals surface area contributed by atoms with Gasteiger partial charge in [0.2, 0.25) is 0 Å². The predicted octanol–water partition coefficient (Wildman–Crippen LogP) is 6.58. The highest BCUT2D eigenvalue weighted by Gasteiger charge is 2.55. The molecule has 2 atom stereocenters. The summed E-state index contributed by atoms with van der Waals surface area (Å²) in [6, 6.07) is 0. The summed E-state index contributed by atoms with van der Waals surface area (Å²) in [5.74, 6) is 0.987. The molecule has 1 aliphatic carbocycles. The zero-order valence-electron chi connectivity index (χ0n) is 15.9. The molecule has 0 unspecified atom stereocenters. The second kappa shape index (κ2) is 11.3. The lowest BCUT2D eigenvalue weighted by molar-refractivity contribution is 0.165. The first-order valence-electron chi connectivity index (χ1n) is 10.1. The molecule has 0 saturated heterocycles. The van der Waals surface area contributed by atoms with Crippen LogP contribution in [0.25, 0.3) is 0 Å². The van der Waals surface area contributed by atoms with Crippen LogP contribution in [0.5, 0.6) is 0 Å². The van der Waals surface area contributed by atoms with E-state index in [4.69, 9.17) is 0 Å². The smallest absolute Gasteiger partial charge is 0.0241 e. The molecule has 22 heavy (non-hydrogen) atoms. The van der Waals surface area contributed by atoms with Crippen LogP contribution in [-0.2, 0) is 0 Å². The van der Waals surface area contributed by atoms with Gasteiger partial charge in [-0.25, -0.2) is 0 Å². The van der Waals surface area contributed by atoms with Crippen molar-refractivity contribution < 1.29 is 0 Å². The van der Waals surface area contributed by atoms with E-state index in [1.165, 1.54) is 83.7 Å². The fraction of sp³-hybridized carbons (Fsp3) is 0.905. The zero-order chi connectivity index (χ0) is 16.3. The predicted molar refractivity (Wildman–Crippen MR) is 100 cm³/mol. The summed E-state index contributed by atoms with van der Waals surface area (Å²) in [5, 5.41) is 0. The van der Waals surface area contributed by atoms with Crippen LogP contribution in [0.1, 0.15) is 98.3 Å². The van der Waals surface area contributed by atoms with Gasteiger partial charge >= 0.3 is 0 Å². The van der Waals surface area contributed by atoms with E-state index in [1.807, 2.05) is 0 Å². The molecule has 1 rings (SSSR count). The molecule has 130 valence electrons. The maximum Gasteiger partial charge on any atom is 0.0241 e. The van der Waals surface area contributed by atoms with E-state index in [2.05, 4.69) is 44.7 Å². The minimum atomic E-state index is 0.592. The number of unbranched alkanes of at least 4 members (excludes halogenated alkanes) is 5. The summed E-state index contributed by atoms with van der Waals surface area (Å²) in [5.41, 5.74) is 0.592. The molecule has 0 aromatic heterocycles. The molecule has 1 heteroatoms. The summed E-state index contributed by atoms with van der Waals surface area (Å²) in [6.45, 7) is 11.8. The van der Waals surface area contributed by atoms with Gasteiger partial charge in [0, 0.05) is 5.54 Å². The summed E-state index contributed by atoms with van der Waals surface area (Å²) in [6.07, 6.45) is 20.0. The molecule has 0 bridgehead atoms. The molecule has 0 aromatic carbocycles. The van der Waals surface area contributed by atoms with Crippen molar-refractivity contribution >= 4 is 0 Å². The third-order valence-electron chi connectivity index (χ3n) is 5.59. The van der Waals surface area contributed by atoms with E-state index in [0.717, 1.165) is 5.92 Å². The molecule has 1 saturated carbocycles. The van der Waals surface area contributed by atoms with Gasteiger partial charge in [-0.3, -0.25) is 4.90 Å². The monoisotopic (exact) mass is 307 g/mol. The van der Waals surface area contributed by atoms with Crippen LogP contribution in [0.4, 0.5) is 0 Å². The lowest BCUT2D eigenvalue weighted by Crippen LogP contribution is -2.38. The quantitative estimate of drug-likeness (QED) is 0.259. The summed E-state index contributed by atoms with van der Waals surface area (Å²) < 4.78 is 0. The Bertz CT molecular complexity index is 292. The number of nitrogens with zero attached hydrogens (tertiary/aromatic N) is 1. The molecule has 0 radical (unpaired) electrons.